The summed E-state index contributed by atoms with van der Waals surface area (Å²) in [7, 11) is 3.79. The molecule has 1 aromatic carbocycles. The quantitative estimate of drug-likeness (QED) is 0.840. The molecule has 1 saturated carbocycles. The molecule has 0 aliphatic heterocycles. The topological polar surface area (TPSA) is 21.3 Å². The molecule has 1 aliphatic carbocycles. The van der Waals surface area contributed by atoms with Gasteiger partial charge in [0.1, 0.15) is 5.75 Å². The predicted molar refractivity (Wildman–Crippen MR) is 67.0 cm³/mol. The molecule has 2 rings (SSSR count). The van der Waals surface area contributed by atoms with Crippen LogP contribution in [0.1, 0.15) is 25.3 Å². The van der Waals surface area contributed by atoms with E-state index < -0.39 is 0 Å². The fourth-order valence-electron chi connectivity index (χ4n) is 3.15. The molecule has 0 heterocycles. The lowest BCUT2D eigenvalue weighted by atomic mass is 9.59. The fourth-order valence-corrected chi connectivity index (χ4v) is 3.15. The lowest BCUT2D eigenvalue weighted by Crippen LogP contribution is -2.47. The zero-order chi connectivity index (χ0) is 11.6. The van der Waals surface area contributed by atoms with Gasteiger partial charge in [0.15, 0.2) is 0 Å². The second kappa shape index (κ2) is 4.46. The van der Waals surface area contributed by atoms with Gasteiger partial charge < -0.3 is 10.1 Å². The van der Waals surface area contributed by atoms with Gasteiger partial charge in [0, 0.05) is 17.5 Å². The molecule has 1 aliphatic rings. The average Bonchev–Trinajstić information content (AvgIpc) is 2.27. The van der Waals surface area contributed by atoms with Crippen LogP contribution in [0, 0.1) is 5.92 Å². The van der Waals surface area contributed by atoms with Crippen LogP contribution in [0.3, 0.4) is 0 Å². The number of rotatable bonds is 4. The summed E-state index contributed by atoms with van der Waals surface area (Å²) in [5, 5.41) is 3.33. The molecule has 88 valence electrons. The minimum atomic E-state index is 0.292. The van der Waals surface area contributed by atoms with Gasteiger partial charge >= 0.3 is 0 Å². The third-order valence-corrected chi connectivity index (χ3v) is 3.67. The zero-order valence-corrected chi connectivity index (χ0v) is 10.4. The molecule has 0 amide bonds. The van der Waals surface area contributed by atoms with Crippen molar-refractivity contribution in [3.63, 3.8) is 0 Å². The molecule has 1 fully saturated rings. The van der Waals surface area contributed by atoms with Crippen LogP contribution in [0.2, 0.25) is 0 Å². The number of benzene rings is 1. The van der Waals surface area contributed by atoms with Gasteiger partial charge in [0.05, 0.1) is 7.11 Å². The summed E-state index contributed by atoms with van der Waals surface area (Å²) in [6.07, 6.45) is 2.52. The van der Waals surface area contributed by atoms with Gasteiger partial charge in [-0.3, -0.25) is 0 Å². The van der Waals surface area contributed by atoms with E-state index in [1.807, 2.05) is 13.1 Å². The minimum absolute atomic E-state index is 0.292. The van der Waals surface area contributed by atoms with E-state index >= 15 is 0 Å². The summed E-state index contributed by atoms with van der Waals surface area (Å²) in [6.45, 7) is 3.36. The molecule has 0 radical (unpaired) electrons. The van der Waals surface area contributed by atoms with E-state index in [-0.39, 0.29) is 0 Å². The number of likely N-dealkylation sites (N-methyl/N-ethyl adjacent to an activating group) is 1. The normalized spacial score (nSPS) is 28.6. The largest absolute Gasteiger partial charge is 0.496 e. The summed E-state index contributed by atoms with van der Waals surface area (Å²) in [5.41, 5.74) is 1.66. The number of ether oxygens (including phenoxy) is 1. The van der Waals surface area contributed by atoms with Crippen LogP contribution in [0.15, 0.2) is 24.3 Å². The van der Waals surface area contributed by atoms with Crippen LogP contribution in [0.25, 0.3) is 0 Å². The molecule has 16 heavy (non-hydrogen) atoms. The van der Waals surface area contributed by atoms with Gasteiger partial charge in [-0.25, -0.2) is 0 Å². The first-order valence-electron chi connectivity index (χ1n) is 6.00. The van der Waals surface area contributed by atoms with Gasteiger partial charge in [-0.1, -0.05) is 25.1 Å². The van der Waals surface area contributed by atoms with Gasteiger partial charge in [-0.05, 0) is 31.9 Å². The highest BCUT2D eigenvalue weighted by Gasteiger charge is 2.44. The molecule has 0 unspecified atom stereocenters. The van der Waals surface area contributed by atoms with Gasteiger partial charge in [0.25, 0.3) is 0 Å². The van der Waals surface area contributed by atoms with Crippen molar-refractivity contribution in [2.75, 3.05) is 20.7 Å². The molecule has 1 aromatic rings. The number of methoxy groups -OCH3 is 1. The standard InChI is InChI=1S/C14H21NO/c1-11-8-14(9-11,10-15-2)12-6-4-5-7-13(12)16-3/h4-7,11,15H,8-10H2,1-3H3. The highest BCUT2D eigenvalue weighted by atomic mass is 16.5. The Labute approximate surface area is 98.0 Å². The second-order valence-electron chi connectivity index (χ2n) is 5.02. The van der Waals surface area contributed by atoms with E-state index in [1.54, 1.807) is 7.11 Å². The average molecular weight is 219 g/mol. The van der Waals surface area contributed by atoms with E-state index in [2.05, 4.69) is 30.4 Å². The van der Waals surface area contributed by atoms with Crippen LogP contribution in [0.5, 0.6) is 5.75 Å². The van der Waals surface area contributed by atoms with Crippen LogP contribution < -0.4 is 10.1 Å². The predicted octanol–water partition coefficient (Wildman–Crippen LogP) is 2.58. The first kappa shape index (κ1) is 11.5. The Bertz CT molecular complexity index is 350. The molecule has 0 spiro atoms. The zero-order valence-electron chi connectivity index (χ0n) is 10.4. The second-order valence-corrected chi connectivity index (χ2v) is 5.02. The molecule has 0 bridgehead atoms. The molecule has 2 heteroatoms. The van der Waals surface area contributed by atoms with Gasteiger partial charge in [-0.2, -0.15) is 0 Å². The highest BCUT2D eigenvalue weighted by molar-refractivity contribution is 5.41. The summed E-state index contributed by atoms with van der Waals surface area (Å²) in [5.74, 6) is 1.86. The minimum Gasteiger partial charge on any atom is -0.496 e. The number of hydrogen-bond acceptors (Lipinski definition) is 2. The Kier molecular flexibility index (Phi) is 3.20. The van der Waals surface area contributed by atoms with E-state index in [0.29, 0.717) is 5.41 Å². The maximum Gasteiger partial charge on any atom is 0.122 e. The number of hydrogen-bond donors (Lipinski definition) is 1. The molecule has 0 saturated heterocycles. The maximum atomic E-state index is 5.48. The Balaban J connectivity index is 2.32. The summed E-state index contributed by atoms with van der Waals surface area (Å²) in [6, 6.07) is 8.42. The van der Waals surface area contributed by atoms with E-state index in [9.17, 15) is 0 Å². The maximum absolute atomic E-state index is 5.48. The van der Waals surface area contributed by atoms with Crippen LogP contribution >= 0.6 is 0 Å². The van der Waals surface area contributed by atoms with Crippen molar-refractivity contribution in [2.45, 2.75) is 25.2 Å². The Morgan fingerprint density at radius 3 is 2.62 bits per heavy atom. The van der Waals surface area contributed by atoms with E-state index in [0.717, 1.165) is 18.2 Å². The van der Waals surface area contributed by atoms with Crippen molar-refractivity contribution in [3.05, 3.63) is 29.8 Å². The smallest absolute Gasteiger partial charge is 0.122 e. The van der Waals surface area contributed by atoms with Crippen molar-refractivity contribution in [3.8, 4) is 5.75 Å². The van der Waals surface area contributed by atoms with E-state index in [1.165, 1.54) is 18.4 Å². The van der Waals surface area contributed by atoms with Crippen molar-refractivity contribution >= 4 is 0 Å². The molecule has 1 N–H and O–H groups in total. The van der Waals surface area contributed by atoms with Crippen molar-refractivity contribution in [2.24, 2.45) is 5.92 Å². The summed E-state index contributed by atoms with van der Waals surface area (Å²) < 4.78 is 5.48. The molecule has 0 atom stereocenters. The Morgan fingerprint density at radius 2 is 2.06 bits per heavy atom. The van der Waals surface area contributed by atoms with Crippen molar-refractivity contribution in [1.82, 2.24) is 5.32 Å². The fraction of sp³-hybridized carbons (Fsp3) is 0.571. The first-order chi connectivity index (χ1) is 7.72. The summed E-state index contributed by atoms with van der Waals surface area (Å²) in [4.78, 5) is 0. The molecular weight excluding hydrogens is 198 g/mol. The molecule has 2 nitrogen and oxygen atoms in total. The molecular formula is C14H21NO. The van der Waals surface area contributed by atoms with Crippen LogP contribution in [-0.2, 0) is 5.41 Å². The Hall–Kier alpha value is -1.02. The van der Waals surface area contributed by atoms with Crippen molar-refractivity contribution in [1.29, 1.82) is 0 Å². The van der Waals surface area contributed by atoms with Crippen molar-refractivity contribution < 1.29 is 4.74 Å². The third-order valence-electron chi connectivity index (χ3n) is 3.67. The number of para-hydroxylation sites is 1. The lowest BCUT2D eigenvalue weighted by Gasteiger charge is -2.47. The third kappa shape index (κ3) is 1.82. The summed E-state index contributed by atoms with van der Waals surface area (Å²) >= 11 is 0. The highest BCUT2D eigenvalue weighted by Crippen LogP contribution is 2.49. The van der Waals surface area contributed by atoms with Gasteiger partial charge in [0.2, 0.25) is 0 Å². The monoisotopic (exact) mass is 219 g/mol. The van der Waals surface area contributed by atoms with E-state index in [4.69, 9.17) is 4.74 Å². The van der Waals surface area contributed by atoms with Gasteiger partial charge in [-0.15, -0.1) is 0 Å². The van der Waals surface area contributed by atoms with Crippen LogP contribution in [-0.4, -0.2) is 20.7 Å². The van der Waals surface area contributed by atoms with Crippen LogP contribution in [0.4, 0.5) is 0 Å². The first-order valence-corrected chi connectivity index (χ1v) is 6.00. The Morgan fingerprint density at radius 1 is 1.38 bits per heavy atom. The lowest BCUT2D eigenvalue weighted by molar-refractivity contribution is 0.151. The molecule has 0 aromatic heterocycles. The number of nitrogens with one attached hydrogen (secondary N) is 1. The SMILES string of the molecule is CNCC1(c2ccccc2OC)CC(C)C1.